The number of aromatic nitrogens is 5. The van der Waals surface area contributed by atoms with E-state index in [-0.39, 0.29) is 24.5 Å². The first-order valence-corrected chi connectivity index (χ1v) is 12.0. The number of aryl methyl sites for hydroxylation is 1. The number of carbonyl (C=O) groups is 1. The van der Waals surface area contributed by atoms with Gasteiger partial charge in [0.15, 0.2) is 5.82 Å². The molecule has 0 radical (unpaired) electrons. The molecule has 1 aromatic carbocycles. The van der Waals surface area contributed by atoms with Crippen LogP contribution in [0.2, 0.25) is 0 Å². The second-order valence-electron chi connectivity index (χ2n) is 9.32. The molecule has 1 fully saturated rings. The van der Waals surface area contributed by atoms with Crippen molar-refractivity contribution in [3.05, 3.63) is 60.2 Å². The van der Waals surface area contributed by atoms with Crippen molar-refractivity contribution in [1.29, 1.82) is 0 Å². The molecule has 1 aliphatic rings. The number of rotatable bonds is 9. The van der Waals surface area contributed by atoms with Gasteiger partial charge < -0.3 is 15.5 Å². The fourth-order valence-electron chi connectivity index (χ4n) is 4.70. The first kappa shape index (κ1) is 24.9. The number of likely N-dealkylation sites (tertiary alicyclic amines) is 1. The summed E-state index contributed by atoms with van der Waals surface area (Å²) in [4.78, 5) is 23.6. The highest BCUT2D eigenvalue weighted by atomic mass is 16.3. The zero-order chi connectivity index (χ0) is 24.9. The summed E-state index contributed by atoms with van der Waals surface area (Å²) in [6.07, 6.45) is 5.71. The SMILES string of the molecule is Cc1cn([C@@H](C(C)C)C(O)N2CCC[C@H]2C(=O)N[C@@H](CO)c2ccc(-c3ncccn3)cc2)nn1. The van der Waals surface area contributed by atoms with Gasteiger partial charge in [-0.15, -0.1) is 5.10 Å². The van der Waals surface area contributed by atoms with E-state index in [4.69, 9.17) is 0 Å². The quantitative estimate of drug-likeness (QED) is 0.424. The average molecular weight is 480 g/mol. The maximum Gasteiger partial charge on any atom is 0.238 e. The minimum absolute atomic E-state index is 0.0766. The number of hydrogen-bond donors (Lipinski definition) is 3. The summed E-state index contributed by atoms with van der Waals surface area (Å²) in [5.74, 6) is 0.475. The summed E-state index contributed by atoms with van der Waals surface area (Å²) in [5.41, 5.74) is 2.41. The molecular formula is C25H33N7O3. The van der Waals surface area contributed by atoms with Gasteiger partial charge in [-0.25, -0.2) is 14.6 Å². The van der Waals surface area contributed by atoms with Gasteiger partial charge in [-0.3, -0.25) is 9.69 Å². The number of nitrogens with zero attached hydrogens (tertiary/aromatic N) is 6. The molecule has 2 aromatic heterocycles. The van der Waals surface area contributed by atoms with E-state index in [1.54, 1.807) is 23.1 Å². The lowest BCUT2D eigenvalue weighted by atomic mass is 10.0. The predicted octanol–water partition coefficient (Wildman–Crippen LogP) is 1.87. The van der Waals surface area contributed by atoms with Crippen LogP contribution in [0.15, 0.2) is 48.9 Å². The van der Waals surface area contributed by atoms with Gasteiger partial charge in [-0.05, 0) is 37.3 Å². The van der Waals surface area contributed by atoms with Crippen molar-refractivity contribution in [1.82, 2.24) is 35.2 Å². The maximum absolute atomic E-state index is 13.3. The van der Waals surface area contributed by atoms with Crippen LogP contribution in [0.5, 0.6) is 0 Å². The summed E-state index contributed by atoms with van der Waals surface area (Å²) < 4.78 is 1.69. The van der Waals surface area contributed by atoms with Crippen molar-refractivity contribution < 1.29 is 15.0 Å². The molecule has 0 aliphatic carbocycles. The lowest BCUT2D eigenvalue weighted by Crippen LogP contribution is -2.52. The topological polar surface area (TPSA) is 129 Å². The first-order valence-electron chi connectivity index (χ1n) is 12.0. The van der Waals surface area contributed by atoms with Gasteiger partial charge in [0.1, 0.15) is 6.23 Å². The van der Waals surface area contributed by atoms with Crippen LogP contribution >= 0.6 is 0 Å². The summed E-state index contributed by atoms with van der Waals surface area (Å²) >= 11 is 0. The molecule has 3 aromatic rings. The van der Waals surface area contributed by atoms with E-state index in [1.165, 1.54) is 0 Å². The monoisotopic (exact) mass is 479 g/mol. The Hall–Kier alpha value is -3.21. The number of aliphatic hydroxyl groups is 2. The number of aliphatic hydroxyl groups excluding tert-OH is 2. The summed E-state index contributed by atoms with van der Waals surface area (Å²) in [6.45, 7) is 6.25. The lowest BCUT2D eigenvalue weighted by molar-refractivity contribution is -0.133. The second kappa shape index (κ2) is 11.0. The number of benzene rings is 1. The maximum atomic E-state index is 13.3. The van der Waals surface area contributed by atoms with E-state index in [2.05, 4.69) is 25.6 Å². The summed E-state index contributed by atoms with van der Waals surface area (Å²) in [7, 11) is 0. The third kappa shape index (κ3) is 5.55. The van der Waals surface area contributed by atoms with Crippen LogP contribution in [0, 0.1) is 12.8 Å². The smallest absolute Gasteiger partial charge is 0.238 e. The van der Waals surface area contributed by atoms with Crippen molar-refractivity contribution >= 4 is 5.91 Å². The second-order valence-corrected chi connectivity index (χ2v) is 9.32. The Morgan fingerprint density at radius 2 is 1.91 bits per heavy atom. The molecule has 1 amide bonds. The molecule has 3 N–H and O–H groups in total. The highest BCUT2D eigenvalue weighted by Crippen LogP contribution is 2.30. The van der Waals surface area contributed by atoms with Crippen LogP contribution in [0.1, 0.15) is 50.0 Å². The number of carbonyl (C=O) groups excluding carboxylic acids is 1. The zero-order valence-corrected chi connectivity index (χ0v) is 20.3. The minimum atomic E-state index is -0.896. The predicted molar refractivity (Wildman–Crippen MR) is 130 cm³/mol. The third-order valence-electron chi connectivity index (χ3n) is 6.49. The van der Waals surface area contributed by atoms with Crippen LogP contribution < -0.4 is 5.32 Å². The molecule has 4 rings (SSSR count). The fourth-order valence-corrected chi connectivity index (χ4v) is 4.70. The van der Waals surface area contributed by atoms with E-state index in [0.29, 0.717) is 18.8 Å². The van der Waals surface area contributed by atoms with Crippen molar-refractivity contribution in [2.45, 2.75) is 58.0 Å². The largest absolute Gasteiger partial charge is 0.394 e. The first-order chi connectivity index (χ1) is 16.9. The Kier molecular flexibility index (Phi) is 7.84. The molecule has 1 aliphatic heterocycles. The van der Waals surface area contributed by atoms with Crippen LogP contribution in [0.4, 0.5) is 0 Å². The molecule has 4 atom stereocenters. The molecule has 0 spiro atoms. The summed E-state index contributed by atoms with van der Waals surface area (Å²) in [5, 5.41) is 32.5. The Bertz CT molecular complexity index is 1100. The lowest BCUT2D eigenvalue weighted by Gasteiger charge is -2.36. The van der Waals surface area contributed by atoms with Gasteiger partial charge in [0.2, 0.25) is 5.91 Å². The number of hydrogen-bond acceptors (Lipinski definition) is 8. The molecule has 35 heavy (non-hydrogen) atoms. The van der Waals surface area contributed by atoms with Crippen molar-refractivity contribution in [3.8, 4) is 11.4 Å². The van der Waals surface area contributed by atoms with Gasteiger partial charge >= 0.3 is 0 Å². The molecule has 0 bridgehead atoms. The molecular weight excluding hydrogens is 446 g/mol. The standard InChI is InChI=1S/C25H33N7O3/c1-16(2)22(32-14-17(3)29-30-32)25(35)31-13-4-6-21(31)24(34)28-20(15-33)18-7-9-19(10-8-18)23-26-11-5-12-27-23/h5,7-12,14,16,20-22,25,33,35H,4,6,13,15H2,1-3H3,(H,28,34)/t20-,21-,22-,25?/m0/s1. The molecule has 10 nitrogen and oxygen atoms in total. The van der Waals surface area contributed by atoms with Gasteiger partial charge in [0.25, 0.3) is 0 Å². The average Bonchev–Trinajstić information content (AvgIpc) is 3.52. The van der Waals surface area contributed by atoms with Crippen LogP contribution in [-0.4, -0.2) is 71.4 Å². The van der Waals surface area contributed by atoms with Crippen LogP contribution in [0.3, 0.4) is 0 Å². The Morgan fingerprint density at radius 3 is 2.51 bits per heavy atom. The number of amides is 1. The van der Waals surface area contributed by atoms with Gasteiger partial charge in [0.05, 0.1) is 30.4 Å². The third-order valence-corrected chi connectivity index (χ3v) is 6.49. The zero-order valence-electron chi connectivity index (χ0n) is 20.3. The van der Waals surface area contributed by atoms with Crippen molar-refractivity contribution in [2.75, 3.05) is 13.2 Å². The Balaban J connectivity index is 1.46. The normalized spacial score (nSPS) is 19.0. The van der Waals surface area contributed by atoms with Crippen LogP contribution in [0.25, 0.3) is 11.4 Å². The molecule has 1 unspecified atom stereocenters. The van der Waals surface area contributed by atoms with E-state index in [1.807, 2.05) is 56.1 Å². The molecule has 186 valence electrons. The summed E-state index contributed by atoms with van der Waals surface area (Å²) in [6, 6.07) is 7.82. The number of nitrogens with one attached hydrogen (secondary N) is 1. The molecule has 0 saturated carbocycles. The van der Waals surface area contributed by atoms with Crippen molar-refractivity contribution in [2.24, 2.45) is 5.92 Å². The van der Waals surface area contributed by atoms with E-state index in [0.717, 1.165) is 23.2 Å². The Morgan fingerprint density at radius 1 is 1.20 bits per heavy atom. The van der Waals surface area contributed by atoms with Crippen molar-refractivity contribution in [3.63, 3.8) is 0 Å². The molecule has 1 saturated heterocycles. The van der Waals surface area contributed by atoms with Gasteiger partial charge in [-0.1, -0.05) is 43.3 Å². The van der Waals surface area contributed by atoms with Crippen LogP contribution in [-0.2, 0) is 4.79 Å². The molecule has 10 heteroatoms. The van der Waals surface area contributed by atoms with Gasteiger partial charge in [0, 0.05) is 30.7 Å². The minimum Gasteiger partial charge on any atom is -0.394 e. The van der Waals surface area contributed by atoms with Gasteiger partial charge in [-0.2, -0.15) is 0 Å². The Labute approximate surface area is 205 Å². The van der Waals surface area contributed by atoms with E-state index < -0.39 is 18.3 Å². The highest BCUT2D eigenvalue weighted by molar-refractivity contribution is 5.82. The highest BCUT2D eigenvalue weighted by Gasteiger charge is 2.40. The molecule has 3 heterocycles. The van der Waals surface area contributed by atoms with E-state index >= 15 is 0 Å². The fraction of sp³-hybridized carbons (Fsp3) is 0.480. The van der Waals surface area contributed by atoms with E-state index in [9.17, 15) is 15.0 Å².